The molecule has 23 heavy (non-hydrogen) atoms. The van der Waals surface area contributed by atoms with Crippen LogP contribution in [0.2, 0.25) is 0 Å². The summed E-state index contributed by atoms with van der Waals surface area (Å²) >= 11 is 5.18. The Kier molecular flexibility index (Phi) is 5.07. The second-order valence-corrected chi connectivity index (χ2v) is 5.09. The second kappa shape index (κ2) is 7.01. The van der Waals surface area contributed by atoms with E-state index in [2.05, 4.69) is 10.6 Å². The Balaban J connectivity index is 2.17. The highest BCUT2D eigenvalue weighted by atomic mass is 32.1. The van der Waals surface area contributed by atoms with Crippen LogP contribution >= 0.6 is 12.2 Å². The molecule has 2 N–H and O–H groups in total. The third-order valence-corrected chi connectivity index (χ3v) is 3.30. The van der Waals surface area contributed by atoms with Crippen molar-refractivity contribution in [1.82, 2.24) is 0 Å². The molecule has 6 nitrogen and oxygen atoms in total. The zero-order chi connectivity index (χ0) is 17.0. The Labute approximate surface area is 137 Å². The molecule has 0 aliphatic rings. The summed E-state index contributed by atoms with van der Waals surface area (Å²) in [5.74, 6) is -0.104. The quantitative estimate of drug-likeness (QED) is 0.502. The number of methoxy groups -OCH3 is 1. The highest BCUT2D eigenvalue weighted by molar-refractivity contribution is 7.80. The summed E-state index contributed by atoms with van der Waals surface area (Å²) < 4.78 is 18.4. The fraction of sp³-hybridized carbons (Fsp3) is 0.133. The monoisotopic (exact) mass is 335 g/mol. The first-order chi connectivity index (χ1) is 10.9. The van der Waals surface area contributed by atoms with Gasteiger partial charge < -0.3 is 15.4 Å². The highest BCUT2D eigenvalue weighted by Gasteiger charge is 2.12. The molecule has 0 aliphatic carbocycles. The van der Waals surface area contributed by atoms with Crippen LogP contribution in [0.5, 0.6) is 5.75 Å². The van der Waals surface area contributed by atoms with Gasteiger partial charge in [0, 0.05) is 11.8 Å². The van der Waals surface area contributed by atoms with Crippen LogP contribution in [0, 0.1) is 22.9 Å². The lowest BCUT2D eigenvalue weighted by molar-refractivity contribution is -0.384. The summed E-state index contributed by atoms with van der Waals surface area (Å²) in [5.41, 5.74) is 1.73. The molecule has 0 atom stereocenters. The number of nitrogens with zero attached hydrogens (tertiary/aromatic N) is 1. The van der Waals surface area contributed by atoms with Crippen LogP contribution in [0.15, 0.2) is 36.4 Å². The molecule has 0 spiro atoms. The fourth-order valence-corrected chi connectivity index (χ4v) is 2.12. The van der Waals surface area contributed by atoms with E-state index < -0.39 is 4.92 Å². The summed E-state index contributed by atoms with van der Waals surface area (Å²) in [5, 5.41) is 16.7. The molecule has 0 saturated heterocycles. The van der Waals surface area contributed by atoms with Gasteiger partial charge in [-0.2, -0.15) is 0 Å². The maximum Gasteiger partial charge on any atom is 0.273 e. The van der Waals surface area contributed by atoms with Gasteiger partial charge in [-0.05, 0) is 42.9 Å². The number of halogens is 1. The number of nitro groups is 1. The van der Waals surface area contributed by atoms with Crippen molar-refractivity contribution in [2.24, 2.45) is 0 Å². The van der Waals surface area contributed by atoms with Gasteiger partial charge in [-0.3, -0.25) is 10.1 Å². The van der Waals surface area contributed by atoms with Gasteiger partial charge in [-0.25, -0.2) is 4.39 Å². The van der Waals surface area contributed by atoms with Gasteiger partial charge in [0.15, 0.2) is 5.11 Å². The van der Waals surface area contributed by atoms with Crippen molar-refractivity contribution in [3.8, 4) is 5.75 Å². The summed E-state index contributed by atoms with van der Waals surface area (Å²) in [6.45, 7) is 1.82. The Hall–Kier alpha value is -2.74. The molecular weight excluding hydrogens is 321 g/mol. The minimum atomic E-state index is -0.515. The van der Waals surface area contributed by atoms with E-state index in [4.69, 9.17) is 17.0 Å². The van der Waals surface area contributed by atoms with E-state index in [0.29, 0.717) is 11.4 Å². The number of hydrogen-bond donors (Lipinski definition) is 2. The van der Waals surface area contributed by atoms with Crippen molar-refractivity contribution in [2.45, 2.75) is 6.92 Å². The molecule has 0 radical (unpaired) electrons. The van der Waals surface area contributed by atoms with E-state index in [1.54, 1.807) is 6.07 Å². The van der Waals surface area contributed by atoms with Crippen molar-refractivity contribution in [1.29, 1.82) is 0 Å². The van der Waals surface area contributed by atoms with Crippen LogP contribution in [-0.4, -0.2) is 17.1 Å². The van der Waals surface area contributed by atoms with Crippen molar-refractivity contribution < 1.29 is 14.1 Å². The largest absolute Gasteiger partial charge is 0.494 e. The third-order valence-electron chi connectivity index (χ3n) is 3.09. The molecule has 0 unspecified atom stereocenters. The first kappa shape index (κ1) is 16.6. The van der Waals surface area contributed by atoms with Crippen molar-refractivity contribution >= 4 is 34.4 Å². The molecule has 2 aromatic rings. The number of thiocarbonyl (C=S) groups is 1. The maximum atomic E-state index is 13.3. The number of non-ortho nitro benzene ring substituents is 1. The molecule has 0 aromatic heterocycles. The smallest absolute Gasteiger partial charge is 0.273 e. The Morgan fingerprint density at radius 2 is 1.91 bits per heavy atom. The molecule has 2 aromatic carbocycles. The number of rotatable bonds is 4. The first-order valence-corrected chi connectivity index (χ1v) is 6.98. The predicted molar refractivity (Wildman–Crippen MR) is 90.6 cm³/mol. The Morgan fingerprint density at radius 3 is 2.57 bits per heavy atom. The van der Waals surface area contributed by atoms with Crippen molar-refractivity contribution in [2.75, 3.05) is 17.7 Å². The summed E-state index contributed by atoms with van der Waals surface area (Å²) in [4.78, 5) is 10.3. The van der Waals surface area contributed by atoms with Gasteiger partial charge in [-0.1, -0.05) is 6.07 Å². The van der Waals surface area contributed by atoms with Gasteiger partial charge in [0.25, 0.3) is 5.69 Å². The standard InChI is InChI=1S/C15H14FN3O3S/c1-9-3-4-10(16)7-13(9)18-15(23)17-12-6-5-11(19(20)21)8-14(12)22-2/h3-8H,1-2H3,(H2,17,18,23). The van der Waals surface area contributed by atoms with Crippen LogP contribution in [0.1, 0.15) is 5.56 Å². The molecule has 0 saturated carbocycles. The summed E-state index contributed by atoms with van der Waals surface area (Å²) in [6.07, 6.45) is 0. The minimum Gasteiger partial charge on any atom is -0.494 e. The van der Waals surface area contributed by atoms with Gasteiger partial charge in [-0.15, -0.1) is 0 Å². The van der Waals surface area contributed by atoms with Gasteiger partial charge in [0.1, 0.15) is 11.6 Å². The summed E-state index contributed by atoms with van der Waals surface area (Å²) in [7, 11) is 1.40. The zero-order valence-corrected chi connectivity index (χ0v) is 13.2. The maximum absolute atomic E-state index is 13.3. The van der Waals surface area contributed by atoms with Crippen molar-refractivity contribution in [3.63, 3.8) is 0 Å². The summed E-state index contributed by atoms with van der Waals surface area (Å²) in [6, 6.07) is 8.43. The lowest BCUT2D eigenvalue weighted by Crippen LogP contribution is -2.20. The molecule has 0 bridgehead atoms. The lowest BCUT2D eigenvalue weighted by Gasteiger charge is -2.14. The van der Waals surface area contributed by atoms with E-state index in [-0.39, 0.29) is 22.4 Å². The Bertz CT molecular complexity index is 768. The number of ether oxygens (including phenoxy) is 1. The van der Waals surface area contributed by atoms with E-state index in [9.17, 15) is 14.5 Å². The highest BCUT2D eigenvalue weighted by Crippen LogP contribution is 2.29. The van der Waals surface area contributed by atoms with Crippen LogP contribution in [0.4, 0.5) is 21.5 Å². The molecule has 8 heteroatoms. The van der Waals surface area contributed by atoms with Crippen LogP contribution in [-0.2, 0) is 0 Å². The number of nitrogens with one attached hydrogen (secondary N) is 2. The topological polar surface area (TPSA) is 76.4 Å². The molecule has 0 fully saturated rings. The number of nitro benzene ring substituents is 1. The van der Waals surface area contributed by atoms with E-state index >= 15 is 0 Å². The van der Waals surface area contributed by atoms with Crippen molar-refractivity contribution in [3.05, 3.63) is 57.9 Å². The first-order valence-electron chi connectivity index (χ1n) is 6.57. The van der Waals surface area contributed by atoms with Gasteiger partial charge in [0.05, 0.1) is 23.8 Å². The average Bonchev–Trinajstić information content (AvgIpc) is 2.51. The van der Waals surface area contributed by atoms with Crippen LogP contribution in [0.3, 0.4) is 0 Å². The Morgan fingerprint density at radius 1 is 1.22 bits per heavy atom. The lowest BCUT2D eigenvalue weighted by atomic mass is 10.2. The third kappa shape index (κ3) is 4.13. The van der Waals surface area contributed by atoms with Gasteiger partial charge in [0.2, 0.25) is 0 Å². The average molecular weight is 335 g/mol. The molecular formula is C15H14FN3O3S. The molecule has 120 valence electrons. The molecule has 2 rings (SSSR count). The predicted octanol–water partition coefficient (Wildman–Crippen LogP) is 3.86. The van der Waals surface area contributed by atoms with E-state index in [0.717, 1.165) is 5.56 Å². The van der Waals surface area contributed by atoms with E-state index in [1.807, 2.05) is 6.92 Å². The second-order valence-electron chi connectivity index (χ2n) is 4.68. The van der Waals surface area contributed by atoms with Crippen LogP contribution < -0.4 is 15.4 Å². The molecule has 0 heterocycles. The fourth-order valence-electron chi connectivity index (χ4n) is 1.90. The zero-order valence-electron chi connectivity index (χ0n) is 12.4. The molecule has 0 aliphatic heterocycles. The number of anilines is 2. The SMILES string of the molecule is COc1cc([N+](=O)[O-])ccc1NC(=S)Nc1cc(F)ccc1C. The normalized spacial score (nSPS) is 10.0. The molecule has 0 amide bonds. The van der Waals surface area contributed by atoms with E-state index in [1.165, 1.54) is 37.4 Å². The number of benzene rings is 2. The van der Waals surface area contributed by atoms with Gasteiger partial charge >= 0.3 is 0 Å². The minimum absolute atomic E-state index is 0.0905. The van der Waals surface area contributed by atoms with Crippen LogP contribution in [0.25, 0.3) is 0 Å². The number of hydrogen-bond acceptors (Lipinski definition) is 4. The number of aryl methyl sites for hydroxylation is 1.